The summed E-state index contributed by atoms with van der Waals surface area (Å²) in [6.45, 7) is 5.50. The number of hydrogen-bond donors (Lipinski definition) is 2. The number of aliphatic hydroxyl groups is 1. The summed E-state index contributed by atoms with van der Waals surface area (Å²) in [5.74, 6) is 0.0256. The molecule has 0 spiro atoms. The molecule has 4 nitrogen and oxygen atoms in total. The van der Waals surface area contributed by atoms with E-state index < -0.39 is 6.04 Å². The maximum Gasteiger partial charge on any atom is 0.239 e. The lowest BCUT2D eigenvalue weighted by Gasteiger charge is -2.40. The van der Waals surface area contributed by atoms with Crippen molar-refractivity contribution in [3.05, 3.63) is 0 Å². The van der Waals surface area contributed by atoms with Crippen LogP contribution in [0.1, 0.15) is 33.1 Å². The van der Waals surface area contributed by atoms with Crippen LogP contribution < -0.4 is 5.73 Å². The quantitative estimate of drug-likeness (QED) is 0.778. The maximum absolute atomic E-state index is 11.6. The van der Waals surface area contributed by atoms with E-state index in [1.54, 1.807) is 6.92 Å². The molecule has 1 heterocycles. The molecule has 0 aromatic rings. The predicted octanol–water partition coefficient (Wildman–Crippen LogP) is 0.766. The van der Waals surface area contributed by atoms with Crippen molar-refractivity contribution >= 4 is 18.3 Å². The SMILES string of the molecule is CCC1(CO)CCN(C(=O)C(C)N)CC1.Cl. The summed E-state index contributed by atoms with van der Waals surface area (Å²) in [6.07, 6.45) is 2.75. The highest BCUT2D eigenvalue weighted by Crippen LogP contribution is 2.34. The topological polar surface area (TPSA) is 66.6 Å². The molecule has 3 N–H and O–H groups in total. The largest absolute Gasteiger partial charge is 0.396 e. The van der Waals surface area contributed by atoms with Crippen LogP contribution in [0.15, 0.2) is 0 Å². The Labute approximate surface area is 104 Å². The number of nitrogens with zero attached hydrogens (tertiary/aromatic N) is 1. The second-order valence-electron chi connectivity index (χ2n) is 4.63. The van der Waals surface area contributed by atoms with E-state index in [9.17, 15) is 9.90 Å². The molecule has 1 rings (SSSR count). The summed E-state index contributed by atoms with van der Waals surface area (Å²) in [6, 6.07) is -0.409. The van der Waals surface area contributed by atoms with Crippen molar-refractivity contribution in [2.24, 2.45) is 11.1 Å². The molecule has 0 radical (unpaired) electrons. The predicted molar refractivity (Wildman–Crippen MR) is 66.5 cm³/mol. The summed E-state index contributed by atoms with van der Waals surface area (Å²) in [5, 5.41) is 9.35. The molecular weight excluding hydrogens is 228 g/mol. The Hall–Kier alpha value is -0.320. The van der Waals surface area contributed by atoms with E-state index in [2.05, 4.69) is 6.92 Å². The number of amides is 1. The molecule has 0 aromatic heterocycles. The highest BCUT2D eigenvalue weighted by atomic mass is 35.5. The zero-order valence-electron chi connectivity index (χ0n) is 10.1. The Bertz CT molecular complexity index is 220. The fourth-order valence-corrected chi connectivity index (χ4v) is 2.11. The summed E-state index contributed by atoms with van der Waals surface area (Å²) in [5.41, 5.74) is 5.60. The third-order valence-electron chi connectivity index (χ3n) is 3.61. The van der Waals surface area contributed by atoms with E-state index in [1.165, 1.54) is 0 Å². The van der Waals surface area contributed by atoms with Crippen LogP contribution in [0.3, 0.4) is 0 Å². The van der Waals surface area contributed by atoms with Gasteiger partial charge in [0.05, 0.1) is 6.04 Å². The van der Waals surface area contributed by atoms with Crippen molar-refractivity contribution in [1.29, 1.82) is 0 Å². The van der Waals surface area contributed by atoms with Gasteiger partial charge in [-0.15, -0.1) is 12.4 Å². The van der Waals surface area contributed by atoms with Crippen LogP contribution in [0.25, 0.3) is 0 Å². The number of nitrogens with two attached hydrogens (primary N) is 1. The summed E-state index contributed by atoms with van der Waals surface area (Å²) < 4.78 is 0. The molecule has 0 aliphatic carbocycles. The Morgan fingerprint density at radius 3 is 2.31 bits per heavy atom. The van der Waals surface area contributed by atoms with Crippen LogP contribution in [-0.4, -0.2) is 41.7 Å². The normalized spacial score (nSPS) is 21.1. The number of aliphatic hydroxyl groups excluding tert-OH is 1. The molecule has 0 aromatic carbocycles. The molecule has 1 amide bonds. The van der Waals surface area contributed by atoms with Gasteiger partial charge in [0.1, 0.15) is 0 Å². The van der Waals surface area contributed by atoms with Crippen molar-refractivity contribution in [3.8, 4) is 0 Å². The molecule has 0 bridgehead atoms. The van der Waals surface area contributed by atoms with Gasteiger partial charge in [-0.05, 0) is 31.6 Å². The molecular formula is C11H23ClN2O2. The third kappa shape index (κ3) is 3.34. The number of piperidine rings is 1. The number of carbonyl (C=O) groups excluding carboxylic acids is 1. The van der Waals surface area contributed by atoms with E-state index in [0.717, 1.165) is 32.4 Å². The Kier molecular flexibility index (Phi) is 6.30. The first-order valence-corrected chi connectivity index (χ1v) is 5.70. The lowest BCUT2D eigenvalue weighted by atomic mass is 9.77. The molecule has 1 aliphatic heterocycles. The first kappa shape index (κ1) is 15.7. The van der Waals surface area contributed by atoms with Gasteiger partial charge in [-0.1, -0.05) is 6.92 Å². The first-order chi connectivity index (χ1) is 7.04. The van der Waals surface area contributed by atoms with E-state index in [0.29, 0.717) is 0 Å². The van der Waals surface area contributed by atoms with Gasteiger partial charge < -0.3 is 15.7 Å². The molecule has 1 aliphatic rings. The number of rotatable bonds is 3. The van der Waals surface area contributed by atoms with Crippen molar-refractivity contribution < 1.29 is 9.90 Å². The zero-order valence-corrected chi connectivity index (χ0v) is 10.9. The van der Waals surface area contributed by atoms with Gasteiger partial charge in [0, 0.05) is 19.7 Å². The third-order valence-corrected chi connectivity index (χ3v) is 3.61. The standard InChI is InChI=1S/C11H22N2O2.ClH/c1-3-11(8-14)4-6-13(7-5-11)10(15)9(2)12;/h9,14H,3-8,12H2,1-2H3;1H. The lowest BCUT2D eigenvalue weighted by Crippen LogP contribution is -2.49. The summed E-state index contributed by atoms with van der Waals surface area (Å²) in [4.78, 5) is 13.4. The monoisotopic (exact) mass is 250 g/mol. The molecule has 1 fully saturated rings. The van der Waals surface area contributed by atoms with Gasteiger partial charge in [0.25, 0.3) is 0 Å². The molecule has 5 heteroatoms. The van der Waals surface area contributed by atoms with Crippen molar-refractivity contribution in [1.82, 2.24) is 4.90 Å². The van der Waals surface area contributed by atoms with Gasteiger partial charge >= 0.3 is 0 Å². The lowest BCUT2D eigenvalue weighted by molar-refractivity contribution is -0.135. The maximum atomic E-state index is 11.6. The van der Waals surface area contributed by atoms with Gasteiger partial charge in [-0.2, -0.15) is 0 Å². The molecule has 1 saturated heterocycles. The van der Waals surface area contributed by atoms with Gasteiger partial charge in [-0.3, -0.25) is 4.79 Å². The van der Waals surface area contributed by atoms with Crippen molar-refractivity contribution in [2.75, 3.05) is 19.7 Å². The molecule has 96 valence electrons. The number of carbonyl (C=O) groups is 1. The minimum atomic E-state index is -0.409. The van der Waals surface area contributed by atoms with Gasteiger partial charge in [0.2, 0.25) is 5.91 Å². The first-order valence-electron chi connectivity index (χ1n) is 5.70. The second-order valence-corrected chi connectivity index (χ2v) is 4.63. The summed E-state index contributed by atoms with van der Waals surface area (Å²) in [7, 11) is 0. The Morgan fingerprint density at radius 2 is 2.00 bits per heavy atom. The minimum absolute atomic E-state index is 0. The molecule has 1 atom stereocenters. The van der Waals surface area contributed by atoms with Crippen LogP contribution in [0.5, 0.6) is 0 Å². The van der Waals surface area contributed by atoms with Crippen LogP contribution in [0, 0.1) is 5.41 Å². The van der Waals surface area contributed by atoms with Crippen molar-refractivity contribution in [3.63, 3.8) is 0 Å². The smallest absolute Gasteiger partial charge is 0.239 e. The van der Waals surface area contributed by atoms with E-state index >= 15 is 0 Å². The highest BCUT2D eigenvalue weighted by molar-refractivity contribution is 5.85. The molecule has 16 heavy (non-hydrogen) atoms. The fourth-order valence-electron chi connectivity index (χ4n) is 2.11. The zero-order chi connectivity index (χ0) is 11.5. The second kappa shape index (κ2) is 6.42. The van der Waals surface area contributed by atoms with Crippen LogP contribution >= 0.6 is 12.4 Å². The van der Waals surface area contributed by atoms with Crippen molar-refractivity contribution in [2.45, 2.75) is 39.2 Å². The van der Waals surface area contributed by atoms with Crippen LogP contribution in [0.4, 0.5) is 0 Å². The van der Waals surface area contributed by atoms with Crippen LogP contribution in [-0.2, 0) is 4.79 Å². The van der Waals surface area contributed by atoms with E-state index in [-0.39, 0.29) is 30.3 Å². The summed E-state index contributed by atoms with van der Waals surface area (Å²) >= 11 is 0. The van der Waals surface area contributed by atoms with Gasteiger partial charge in [-0.25, -0.2) is 0 Å². The molecule has 0 saturated carbocycles. The fraction of sp³-hybridized carbons (Fsp3) is 0.909. The van der Waals surface area contributed by atoms with Gasteiger partial charge in [0.15, 0.2) is 0 Å². The number of halogens is 1. The average Bonchev–Trinajstić information content (AvgIpc) is 2.28. The van der Waals surface area contributed by atoms with E-state index in [1.807, 2.05) is 4.90 Å². The number of likely N-dealkylation sites (tertiary alicyclic amines) is 1. The average molecular weight is 251 g/mol. The Morgan fingerprint density at radius 1 is 1.50 bits per heavy atom. The Balaban J connectivity index is 0.00000225. The molecule has 1 unspecified atom stereocenters. The van der Waals surface area contributed by atoms with E-state index in [4.69, 9.17) is 5.73 Å². The number of hydrogen-bond acceptors (Lipinski definition) is 3. The highest BCUT2D eigenvalue weighted by Gasteiger charge is 2.34. The van der Waals surface area contributed by atoms with Crippen LogP contribution in [0.2, 0.25) is 0 Å². The minimum Gasteiger partial charge on any atom is -0.396 e.